The Hall–Kier alpha value is -5.33. The number of hydrogen-bond acceptors (Lipinski definition) is 4. The largest absolute Gasteiger partial charge is 0.308 e. The van der Waals surface area contributed by atoms with E-state index in [1.165, 1.54) is 69.3 Å². The molecule has 0 amide bonds. The molecule has 226 valence electrons. The molecule has 0 fully saturated rings. The highest BCUT2D eigenvalue weighted by atomic mass is 32.1. The fraction of sp³-hybridized carbons (Fsp3) is 0. The Balaban J connectivity index is 1.31. The molecule has 0 bridgehead atoms. The van der Waals surface area contributed by atoms with Gasteiger partial charge in [0.15, 0.2) is 17.5 Å². The molecule has 0 unspecified atom stereocenters. The third kappa shape index (κ3) is 4.62. The second-order valence-corrected chi connectivity index (χ2v) is 14.1. The van der Waals surface area contributed by atoms with Crippen LogP contribution in [0.3, 0.4) is 0 Å². The van der Waals surface area contributed by atoms with Crippen molar-refractivity contribution in [2.45, 2.75) is 0 Å². The monoisotopic (exact) mass is 640 g/mol. The summed E-state index contributed by atoms with van der Waals surface area (Å²) in [5, 5.41) is 5.09. The Morgan fingerprint density at radius 2 is 1.06 bits per heavy atom. The topological polar surface area (TPSA) is 43.6 Å². The molecule has 0 saturated heterocycles. The van der Waals surface area contributed by atoms with E-state index in [1.54, 1.807) is 0 Å². The number of benzene rings is 6. The van der Waals surface area contributed by atoms with Crippen LogP contribution < -0.4 is 27.3 Å². The van der Waals surface area contributed by atoms with Crippen molar-refractivity contribution in [3.8, 4) is 39.9 Å². The number of aromatic nitrogens is 4. The summed E-state index contributed by atoms with van der Waals surface area (Å²) in [6, 6.07) is 40.9. The van der Waals surface area contributed by atoms with Gasteiger partial charge in [-0.1, -0.05) is 102 Å². The lowest BCUT2D eigenvalue weighted by molar-refractivity contribution is 1.07. The molecule has 0 radical (unpaired) electrons. The molecule has 9 rings (SSSR count). The molecule has 3 aromatic heterocycles. The number of fused-ring (bicyclic) bond motifs is 7. The molecule has 0 saturated carbocycles. The van der Waals surface area contributed by atoms with E-state index >= 15 is 0 Å². The van der Waals surface area contributed by atoms with Crippen molar-refractivity contribution >= 4 is 120 Å². The molecule has 0 spiro atoms. The quantitative estimate of drug-likeness (QED) is 0.275. The van der Waals surface area contributed by atoms with Crippen molar-refractivity contribution in [3.63, 3.8) is 0 Å². The summed E-state index contributed by atoms with van der Waals surface area (Å²) in [4.78, 5) is 15.5. The fourth-order valence-corrected chi connectivity index (χ4v) is 8.69. The Morgan fingerprint density at radius 1 is 0.469 bits per heavy atom. The zero-order valence-electron chi connectivity index (χ0n) is 28.2. The highest BCUT2D eigenvalue weighted by Crippen LogP contribution is 2.43. The second-order valence-electron chi connectivity index (χ2n) is 13.0. The summed E-state index contributed by atoms with van der Waals surface area (Å²) in [5.41, 5.74) is 12.8. The molecule has 0 aliphatic rings. The lowest BCUT2D eigenvalue weighted by Crippen LogP contribution is -2.55. The first-order valence-corrected chi connectivity index (χ1v) is 17.5. The van der Waals surface area contributed by atoms with Gasteiger partial charge in [-0.25, -0.2) is 15.0 Å². The molecule has 10 heteroatoms. The number of hydrogen-bond donors (Lipinski definition) is 0. The Bertz CT molecular complexity index is 2760. The predicted octanol–water partition coefficient (Wildman–Crippen LogP) is 1.63. The van der Waals surface area contributed by atoms with Gasteiger partial charge in [-0.05, 0) is 24.3 Å². The van der Waals surface area contributed by atoms with Crippen LogP contribution in [0.2, 0.25) is 0 Å². The first-order chi connectivity index (χ1) is 23.9. The van der Waals surface area contributed by atoms with Crippen LogP contribution >= 0.6 is 11.3 Å². The molecule has 0 atom stereocenters. The second kappa shape index (κ2) is 11.4. The maximum atomic E-state index is 5.23. The first-order valence-electron chi connectivity index (χ1n) is 16.7. The van der Waals surface area contributed by atoms with Crippen LogP contribution in [0.4, 0.5) is 0 Å². The van der Waals surface area contributed by atoms with Crippen molar-refractivity contribution in [1.29, 1.82) is 0 Å². The van der Waals surface area contributed by atoms with Gasteiger partial charge in [0.05, 0.1) is 15.7 Å². The Morgan fingerprint density at radius 3 is 1.84 bits per heavy atom. The minimum Gasteiger partial charge on any atom is -0.308 e. The smallest absolute Gasteiger partial charge is 0.164 e. The van der Waals surface area contributed by atoms with Gasteiger partial charge in [0.2, 0.25) is 0 Å². The van der Waals surface area contributed by atoms with E-state index in [2.05, 4.69) is 141 Å². The normalized spacial score (nSPS) is 11.7. The van der Waals surface area contributed by atoms with Crippen LogP contribution in [-0.4, -0.2) is 58.8 Å². The summed E-state index contributed by atoms with van der Waals surface area (Å²) in [6.45, 7) is 0. The summed E-state index contributed by atoms with van der Waals surface area (Å²) < 4.78 is 5.02. The summed E-state index contributed by atoms with van der Waals surface area (Å²) in [5.74, 6) is 2.04. The average Bonchev–Trinajstić information content (AvgIpc) is 3.70. The zero-order chi connectivity index (χ0) is 33.4. The molecule has 0 N–H and O–H groups in total. The van der Waals surface area contributed by atoms with Crippen molar-refractivity contribution in [2.75, 3.05) is 0 Å². The van der Waals surface area contributed by atoms with E-state index in [0.29, 0.717) is 17.5 Å². The van der Waals surface area contributed by atoms with E-state index in [9.17, 15) is 0 Å². The number of nitrogens with zero attached hydrogens (tertiary/aromatic N) is 4. The van der Waals surface area contributed by atoms with Gasteiger partial charge >= 0.3 is 0 Å². The third-order valence-electron chi connectivity index (χ3n) is 10.4. The Kier molecular flexibility index (Phi) is 6.92. The first kappa shape index (κ1) is 29.8. The van der Waals surface area contributed by atoms with E-state index in [0.717, 1.165) is 22.4 Å². The van der Waals surface area contributed by atoms with Gasteiger partial charge in [-0.2, -0.15) is 0 Å². The van der Waals surface area contributed by atoms with Crippen LogP contribution in [0.1, 0.15) is 0 Å². The minimum atomic E-state index is 0.660. The van der Waals surface area contributed by atoms with E-state index in [-0.39, 0.29) is 0 Å². The molecule has 3 heterocycles. The summed E-state index contributed by atoms with van der Waals surface area (Å²) in [7, 11) is 11.0. The molecule has 0 aliphatic heterocycles. The number of rotatable bonds is 4. The lowest BCUT2D eigenvalue weighted by Gasteiger charge is -2.20. The van der Waals surface area contributed by atoms with Crippen molar-refractivity contribution < 1.29 is 0 Å². The zero-order valence-corrected chi connectivity index (χ0v) is 29.0. The molecule has 6 aromatic carbocycles. The fourth-order valence-electron chi connectivity index (χ4n) is 7.45. The molecular formula is C39H29B5N4S. The highest BCUT2D eigenvalue weighted by Gasteiger charge is 2.21. The van der Waals surface area contributed by atoms with Crippen LogP contribution in [0.5, 0.6) is 0 Å². The molecule has 4 nitrogen and oxygen atoms in total. The maximum absolute atomic E-state index is 5.23. The average molecular weight is 640 g/mol. The van der Waals surface area contributed by atoms with Crippen molar-refractivity contribution in [2.24, 2.45) is 0 Å². The van der Waals surface area contributed by atoms with Gasteiger partial charge in [0.1, 0.15) is 39.2 Å². The van der Waals surface area contributed by atoms with Gasteiger partial charge in [-0.15, -0.1) is 27.7 Å². The standard InChI is InChI=1S/C39H29B5N4S/c40-30-29(31(41)33(43)34(44)32(30)42)39-46-37(20-9-2-1-3-10-20)45-38(47-39)21-11-8-12-22(19-21)48-27-15-6-4-13-23(27)25-17-18-26-24-14-5-7-16-28(24)49-36(26)35(25)48/h1-19H,40-44H2. The number of para-hydroxylation sites is 1. The molecule has 9 aromatic rings. The van der Waals surface area contributed by atoms with Gasteiger partial charge in [-0.3, -0.25) is 0 Å². The maximum Gasteiger partial charge on any atom is 0.164 e. The SMILES string of the molecule is Bc1c(B)c(B)c(-c2nc(-c3ccccc3)nc(-c3cccc(-n4c5ccccc5c5ccc6c7ccccc7sc6c54)c3)n2)c(B)c1B. The van der Waals surface area contributed by atoms with Crippen molar-refractivity contribution in [3.05, 3.63) is 115 Å². The highest BCUT2D eigenvalue weighted by molar-refractivity contribution is 7.26. The van der Waals surface area contributed by atoms with Crippen LogP contribution in [0, 0.1) is 0 Å². The molecular weight excluding hydrogens is 611 g/mol. The van der Waals surface area contributed by atoms with Crippen LogP contribution in [0.15, 0.2) is 115 Å². The van der Waals surface area contributed by atoms with Crippen LogP contribution in [0.25, 0.3) is 81.8 Å². The Labute approximate surface area is 293 Å². The van der Waals surface area contributed by atoms with E-state index in [4.69, 9.17) is 15.0 Å². The third-order valence-corrected chi connectivity index (χ3v) is 11.6. The number of thiophene rings is 1. The van der Waals surface area contributed by atoms with Gasteiger partial charge in [0, 0.05) is 48.6 Å². The lowest BCUT2D eigenvalue weighted by atomic mass is 9.60. The predicted molar refractivity (Wildman–Crippen MR) is 224 cm³/mol. The summed E-state index contributed by atoms with van der Waals surface area (Å²) in [6.07, 6.45) is 0. The van der Waals surface area contributed by atoms with Gasteiger partial charge in [0.25, 0.3) is 0 Å². The minimum absolute atomic E-state index is 0.660. The van der Waals surface area contributed by atoms with Crippen LogP contribution in [-0.2, 0) is 0 Å². The van der Waals surface area contributed by atoms with E-state index < -0.39 is 0 Å². The van der Waals surface area contributed by atoms with Gasteiger partial charge < -0.3 is 4.57 Å². The molecule has 49 heavy (non-hydrogen) atoms. The van der Waals surface area contributed by atoms with Crippen molar-refractivity contribution in [1.82, 2.24) is 19.5 Å². The van der Waals surface area contributed by atoms with E-state index in [1.807, 2.05) is 29.5 Å². The molecule has 0 aliphatic carbocycles. The summed E-state index contributed by atoms with van der Waals surface area (Å²) >= 11 is 1.87.